The number of nitrogens with one attached hydrogen (secondary N) is 1. The Kier molecular flexibility index (Phi) is 3.70. The molecule has 3 rings (SSSR count). The molecule has 19 heavy (non-hydrogen) atoms. The van der Waals surface area contributed by atoms with Gasteiger partial charge in [0, 0.05) is 35.1 Å². The summed E-state index contributed by atoms with van der Waals surface area (Å²) in [5, 5.41) is 2.83. The van der Waals surface area contributed by atoms with Gasteiger partial charge in [0.1, 0.15) is 0 Å². The smallest absolute Gasteiger partial charge is 0.227 e. The van der Waals surface area contributed by atoms with Crippen molar-refractivity contribution in [3.8, 4) is 0 Å². The summed E-state index contributed by atoms with van der Waals surface area (Å²) < 4.78 is 3.18. The quantitative estimate of drug-likeness (QED) is 0.877. The average Bonchev–Trinajstić information content (AvgIpc) is 3.08. The SMILES string of the molecule is O=C1CCCN1c1ccc(SNc2nccs2)cc1. The van der Waals surface area contributed by atoms with Crippen molar-refractivity contribution in [1.29, 1.82) is 0 Å². The molecule has 6 heteroatoms. The van der Waals surface area contributed by atoms with Gasteiger partial charge in [-0.1, -0.05) is 0 Å². The second-order valence-electron chi connectivity index (χ2n) is 4.18. The molecule has 1 fully saturated rings. The van der Waals surface area contributed by atoms with Gasteiger partial charge in [0.15, 0.2) is 5.13 Å². The number of aromatic nitrogens is 1. The van der Waals surface area contributed by atoms with Gasteiger partial charge < -0.3 is 9.62 Å². The molecule has 0 aliphatic carbocycles. The highest BCUT2D eigenvalue weighted by Crippen LogP contribution is 2.26. The molecule has 1 amide bonds. The first-order valence-corrected chi connectivity index (χ1v) is 7.75. The van der Waals surface area contributed by atoms with E-state index in [0.29, 0.717) is 6.42 Å². The van der Waals surface area contributed by atoms with E-state index in [-0.39, 0.29) is 5.91 Å². The van der Waals surface area contributed by atoms with E-state index in [4.69, 9.17) is 0 Å². The van der Waals surface area contributed by atoms with Crippen molar-refractivity contribution in [3.05, 3.63) is 35.8 Å². The first kappa shape index (κ1) is 12.5. The minimum atomic E-state index is 0.223. The summed E-state index contributed by atoms with van der Waals surface area (Å²) in [7, 11) is 0. The van der Waals surface area contributed by atoms with Crippen molar-refractivity contribution < 1.29 is 4.79 Å². The van der Waals surface area contributed by atoms with Crippen molar-refractivity contribution >= 4 is 40.0 Å². The number of benzene rings is 1. The number of hydrogen-bond donors (Lipinski definition) is 1. The lowest BCUT2D eigenvalue weighted by atomic mass is 10.3. The third-order valence-electron chi connectivity index (χ3n) is 2.91. The van der Waals surface area contributed by atoms with Gasteiger partial charge in [0.25, 0.3) is 0 Å². The van der Waals surface area contributed by atoms with Crippen molar-refractivity contribution in [2.45, 2.75) is 17.7 Å². The fraction of sp³-hybridized carbons (Fsp3) is 0.231. The lowest BCUT2D eigenvalue weighted by molar-refractivity contribution is -0.117. The number of rotatable bonds is 4. The van der Waals surface area contributed by atoms with Crippen molar-refractivity contribution in [2.24, 2.45) is 0 Å². The third-order valence-corrected chi connectivity index (χ3v) is 4.53. The lowest BCUT2D eigenvalue weighted by Crippen LogP contribution is -2.23. The number of carbonyl (C=O) groups is 1. The molecular formula is C13H13N3OS2. The summed E-state index contributed by atoms with van der Waals surface area (Å²) in [5.74, 6) is 0.223. The number of amides is 1. The molecule has 0 unspecified atom stereocenters. The molecule has 98 valence electrons. The van der Waals surface area contributed by atoms with Crippen LogP contribution in [0.15, 0.2) is 40.7 Å². The van der Waals surface area contributed by atoms with E-state index in [9.17, 15) is 4.79 Å². The summed E-state index contributed by atoms with van der Waals surface area (Å²) in [4.78, 5) is 18.8. The minimum absolute atomic E-state index is 0.223. The average molecular weight is 291 g/mol. The highest BCUT2D eigenvalue weighted by atomic mass is 32.2. The van der Waals surface area contributed by atoms with Crippen molar-refractivity contribution in [3.63, 3.8) is 0 Å². The Bertz CT molecular complexity index is 554. The third kappa shape index (κ3) is 2.90. The van der Waals surface area contributed by atoms with Crippen LogP contribution in [0, 0.1) is 0 Å². The Balaban J connectivity index is 1.64. The van der Waals surface area contributed by atoms with E-state index in [0.717, 1.165) is 28.7 Å². The minimum Gasteiger partial charge on any atom is -0.312 e. The van der Waals surface area contributed by atoms with Crippen LogP contribution >= 0.6 is 23.3 Å². The highest BCUT2D eigenvalue weighted by molar-refractivity contribution is 8.00. The van der Waals surface area contributed by atoms with Gasteiger partial charge in [-0.3, -0.25) is 4.79 Å². The molecule has 2 aromatic rings. The lowest BCUT2D eigenvalue weighted by Gasteiger charge is -2.15. The van der Waals surface area contributed by atoms with Crippen LogP contribution in [0.1, 0.15) is 12.8 Å². The second-order valence-corrected chi connectivity index (χ2v) is 5.96. The van der Waals surface area contributed by atoms with Gasteiger partial charge in [-0.25, -0.2) is 4.98 Å². The topological polar surface area (TPSA) is 45.2 Å². The molecule has 0 radical (unpaired) electrons. The molecule has 1 aromatic heterocycles. The predicted octanol–water partition coefficient (Wildman–Crippen LogP) is 3.39. The Morgan fingerprint density at radius 3 is 2.79 bits per heavy atom. The Labute approximate surface area is 120 Å². The molecule has 0 spiro atoms. The fourth-order valence-electron chi connectivity index (χ4n) is 1.99. The van der Waals surface area contributed by atoms with Crippen LogP contribution < -0.4 is 9.62 Å². The monoisotopic (exact) mass is 291 g/mol. The number of hydrogen-bond acceptors (Lipinski definition) is 5. The van der Waals surface area contributed by atoms with Crippen LogP contribution in [0.2, 0.25) is 0 Å². The standard InChI is InChI=1S/C13H13N3OS2/c17-12-2-1-8-16(12)10-3-5-11(6-4-10)19-15-13-14-7-9-18-13/h3-7,9H,1-2,8H2,(H,14,15). The van der Waals surface area contributed by atoms with E-state index in [1.165, 1.54) is 11.9 Å². The Morgan fingerprint density at radius 2 is 2.16 bits per heavy atom. The maximum Gasteiger partial charge on any atom is 0.227 e. The molecule has 4 nitrogen and oxygen atoms in total. The first-order valence-electron chi connectivity index (χ1n) is 6.06. The predicted molar refractivity (Wildman–Crippen MR) is 79.6 cm³/mol. The molecular weight excluding hydrogens is 278 g/mol. The van der Waals surface area contributed by atoms with Crippen LogP contribution in [-0.2, 0) is 4.79 Å². The first-order chi connectivity index (χ1) is 9.33. The van der Waals surface area contributed by atoms with Gasteiger partial charge in [-0.2, -0.15) is 0 Å². The van der Waals surface area contributed by atoms with Crippen LogP contribution in [0.4, 0.5) is 10.8 Å². The summed E-state index contributed by atoms with van der Waals surface area (Å²) >= 11 is 3.09. The molecule has 0 saturated carbocycles. The Hall–Kier alpha value is -1.53. The summed E-state index contributed by atoms with van der Waals surface area (Å²) in [6.45, 7) is 0.836. The second kappa shape index (κ2) is 5.63. The van der Waals surface area contributed by atoms with Crippen LogP contribution in [0.25, 0.3) is 0 Å². The summed E-state index contributed by atoms with van der Waals surface area (Å²) in [6.07, 6.45) is 3.40. The molecule has 1 aromatic carbocycles. The van der Waals surface area contributed by atoms with Crippen molar-refractivity contribution in [1.82, 2.24) is 4.98 Å². The van der Waals surface area contributed by atoms with Gasteiger partial charge in [-0.15, -0.1) is 11.3 Å². The molecule has 0 bridgehead atoms. The molecule has 1 aliphatic rings. The van der Waals surface area contributed by atoms with Crippen molar-refractivity contribution in [2.75, 3.05) is 16.2 Å². The van der Waals surface area contributed by atoms with E-state index >= 15 is 0 Å². The van der Waals surface area contributed by atoms with Gasteiger partial charge >= 0.3 is 0 Å². The molecule has 2 heterocycles. The normalized spacial score (nSPS) is 14.9. The summed E-state index contributed by atoms with van der Waals surface area (Å²) in [6, 6.07) is 8.03. The number of thiazole rings is 1. The fourth-order valence-corrected chi connectivity index (χ4v) is 3.21. The Morgan fingerprint density at radius 1 is 1.32 bits per heavy atom. The number of nitrogens with zero attached hydrogens (tertiary/aromatic N) is 2. The molecule has 0 atom stereocenters. The molecule has 1 aliphatic heterocycles. The zero-order valence-corrected chi connectivity index (χ0v) is 11.8. The zero-order valence-electron chi connectivity index (χ0n) is 10.2. The van der Waals surface area contributed by atoms with Crippen LogP contribution in [-0.4, -0.2) is 17.4 Å². The number of carbonyl (C=O) groups excluding carboxylic acids is 1. The van der Waals surface area contributed by atoms with E-state index in [1.807, 2.05) is 34.5 Å². The van der Waals surface area contributed by atoms with Gasteiger partial charge in [0.2, 0.25) is 5.91 Å². The maximum atomic E-state index is 11.6. The largest absolute Gasteiger partial charge is 0.312 e. The maximum absolute atomic E-state index is 11.6. The van der Waals surface area contributed by atoms with E-state index in [2.05, 4.69) is 9.71 Å². The zero-order chi connectivity index (χ0) is 13.1. The highest BCUT2D eigenvalue weighted by Gasteiger charge is 2.21. The number of anilines is 2. The van der Waals surface area contributed by atoms with E-state index in [1.54, 1.807) is 17.5 Å². The molecule has 1 saturated heterocycles. The van der Waals surface area contributed by atoms with Gasteiger partial charge in [0.05, 0.1) is 0 Å². The van der Waals surface area contributed by atoms with Gasteiger partial charge in [-0.05, 0) is 42.6 Å². The van der Waals surface area contributed by atoms with Crippen LogP contribution in [0.3, 0.4) is 0 Å². The van der Waals surface area contributed by atoms with Crippen LogP contribution in [0.5, 0.6) is 0 Å². The molecule has 1 N–H and O–H groups in total. The van der Waals surface area contributed by atoms with E-state index < -0.39 is 0 Å². The summed E-state index contributed by atoms with van der Waals surface area (Å²) in [5.41, 5.74) is 0.987.